The van der Waals surface area contributed by atoms with Crippen LogP contribution in [0.15, 0.2) is 91.5 Å². The molecule has 0 aliphatic rings. The topological polar surface area (TPSA) is 64.7 Å². The van der Waals surface area contributed by atoms with Gasteiger partial charge in [0.2, 0.25) is 5.91 Å². The van der Waals surface area contributed by atoms with Crippen LogP contribution in [0.25, 0.3) is 17.5 Å². The number of nitrogens with one attached hydrogen (secondary N) is 1. The van der Waals surface area contributed by atoms with Crippen molar-refractivity contribution in [1.29, 1.82) is 0 Å². The van der Waals surface area contributed by atoms with E-state index >= 15 is 0 Å². The monoisotopic (exact) mass is 383 g/mol. The molecular formula is C23H21N5O. The molecule has 0 spiro atoms. The zero-order valence-corrected chi connectivity index (χ0v) is 15.8. The number of rotatable bonds is 7. The molecule has 4 rings (SSSR count). The molecule has 0 saturated heterocycles. The molecule has 2 aromatic carbocycles. The highest BCUT2D eigenvalue weighted by molar-refractivity contribution is 5.91. The lowest BCUT2D eigenvalue weighted by molar-refractivity contribution is -0.116. The van der Waals surface area contributed by atoms with Crippen molar-refractivity contribution in [2.24, 2.45) is 0 Å². The second-order valence-corrected chi connectivity index (χ2v) is 6.55. The maximum absolute atomic E-state index is 12.1. The first-order chi connectivity index (χ1) is 14.3. The summed E-state index contributed by atoms with van der Waals surface area (Å²) in [6.45, 7) is 0.577. The van der Waals surface area contributed by atoms with Gasteiger partial charge in [0, 0.05) is 36.8 Å². The van der Waals surface area contributed by atoms with Gasteiger partial charge in [-0.05, 0) is 48.4 Å². The van der Waals surface area contributed by atoms with Crippen LogP contribution in [0.2, 0.25) is 0 Å². The first-order valence-corrected chi connectivity index (χ1v) is 9.43. The number of hydrogen-bond acceptors (Lipinski definition) is 3. The van der Waals surface area contributed by atoms with E-state index in [0.717, 1.165) is 28.9 Å². The number of carbonyl (C=O) groups excluding carboxylic acids is 1. The second-order valence-electron chi connectivity index (χ2n) is 6.55. The Bertz CT molecular complexity index is 1080. The summed E-state index contributed by atoms with van der Waals surface area (Å²) in [6.07, 6.45) is 11.4. The minimum atomic E-state index is -0.120. The summed E-state index contributed by atoms with van der Waals surface area (Å²) < 4.78 is 3.60. The summed E-state index contributed by atoms with van der Waals surface area (Å²) in [7, 11) is 0. The molecule has 0 aliphatic carbocycles. The minimum absolute atomic E-state index is 0.120. The number of nitrogens with zero attached hydrogens (tertiary/aromatic N) is 4. The third kappa shape index (κ3) is 4.87. The summed E-state index contributed by atoms with van der Waals surface area (Å²) in [5.74, 6) is -0.120. The van der Waals surface area contributed by atoms with Crippen molar-refractivity contribution in [3.8, 4) is 11.4 Å². The van der Waals surface area contributed by atoms with E-state index in [2.05, 4.69) is 27.6 Å². The summed E-state index contributed by atoms with van der Waals surface area (Å²) in [6, 6.07) is 19.9. The zero-order chi connectivity index (χ0) is 19.9. The molecule has 4 aromatic rings. The van der Waals surface area contributed by atoms with E-state index in [1.807, 2.05) is 65.6 Å². The quantitative estimate of drug-likeness (QED) is 0.497. The molecule has 1 amide bonds. The van der Waals surface area contributed by atoms with Gasteiger partial charge < -0.3 is 5.32 Å². The fraction of sp³-hybridized carbons (Fsp3) is 0.0870. The first kappa shape index (κ1) is 18.4. The molecule has 144 valence electrons. The number of aromatic nitrogens is 4. The largest absolute Gasteiger partial charge is 0.352 e. The van der Waals surface area contributed by atoms with E-state index in [-0.39, 0.29) is 5.91 Å². The average molecular weight is 383 g/mol. The molecule has 2 aromatic heterocycles. The molecule has 0 saturated carbocycles. The van der Waals surface area contributed by atoms with Crippen LogP contribution in [0.1, 0.15) is 11.1 Å². The van der Waals surface area contributed by atoms with E-state index in [1.54, 1.807) is 23.2 Å². The van der Waals surface area contributed by atoms with Gasteiger partial charge >= 0.3 is 0 Å². The van der Waals surface area contributed by atoms with Crippen molar-refractivity contribution in [3.63, 3.8) is 0 Å². The van der Waals surface area contributed by atoms with Gasteiger partial charge in [-0.2, -0.15) is 10.2 Å². The molecule has 0 bridgehead atoms. The normalized spacial score (nSPS) is 11.0. The molecule has 0 atom stereocenters. The number of benzene rings is 2. The number of carbonyl (C=O) groups is 1. The molecule has 0 radical (unpaired) electrons. The van der Waals surface area contributed by atoms with Crippen LogP contribution in [0.3, 0.4) is 0 Å². The minimum Gasteiger partial charge on any atom is -0.352 e. The standard InChI is InChI=1S/C23H21N5O/c29-23(12-9-20-17-26-28(18-20)21-5-2-1-3-6-21)24-15-13-19-7-10-22(11-8-19)27-16-4-14-25-27/h1-12,14,16-18H,13,15H2,(H,24,29)/b12-9+. The van der Waals surface area contributed by atoms with Crippen molar-refractivity contribution >= 4 is 12.0 Å². The zero-order valence-electron chi connectivity index (χ0n) is 15.8. The van der Waals surface area contributed by atoms with E-state index < -0.39 is 0 Å². The Kier molecular flexibility index (Phi) is 5.62. The number of para-hydroxylation sites is 1. The lowest BCUT2D eigenvalue weighted by Gasteiger charge is -2.05. The van der Waals surface area contributed by atoms with Crippen LogP contribution in [-0.4, -0.2) is 32.0 Å². The fourth-order valence-corrected chi connectivity index (χ4v) is 2.94. The third-order valence-corrected chi connectivity index (χ3v) is 4.47. The van der Waals surface area contributed by atoms with Crippen molar-refractivity contribution < 1.29 is 4.79 Å². The van der Waals surface area contributed by atoms with Crippen molar-refractivity contribution in [2.45, 2.75) is 6.42 Å². The van der Waals surface area contributed by atoms with E-state index in [9.17, 15) is 4.79 Å². The van der Waals surface area contributed by atoms with Crippen molar-refractivity contribution in [3.05, 3.63) is 103 Å². The second kappa shape index (κ2) is 8.84. The van der Waals surface area contributed by atoms with Gasteiger partial charge in [-0.1, -0.05) is 30.3 Å². The molecule has 0 unspecified atom stereocenters. The smallest absolute Gasteiger partial charge is 0.244 e. The fourth-order valence-electron chi connectivity index (χ4n) is 2.94. The van der Waals surface area contributed by atoms with Crippen molar-refractivity contribution in [1.82, 2.24) is 24.9 Å². The Labute approximate surface area is 169 Å². The summed E-state index contributed by atoms with van der Waals surface area (Å²) in [4.78, 5) is 12.1. The Balaban J connectivity index is 1.25. The Morgan fingerprint density at radius 3 is 2.48 bits per heavy atom. The Hall–Kier alpha value is -3.93. The predicted octanol–water partition coefficient (Wildman–Crippen LogP) is 3.43. The molecule has 1 N–H and O–H groups in total. The molecule has 0 fully saturated rings. The van der Waals surface area contributed by atoms with Crippen LogP contribution < -0.4 is 5.32 Å². The van der Waals surface area contributed by atoms with Crippen LogP contribution in [0.5, 0.6) is 0 Å². The maximum atomic E-state index is 12.1. The molecule has 0 aliphatic heterocycles. The van der Waals surface area contributed by atoms with Crippen LogP contribution >= 0.6 is 0 Å². The van der Waals surface area contributed by atoms with Gasteiger partial charge in [0.1, 0.15) is 0 Å². The summed E-state index contributed by atoms with van der Waals surface area (Å²) in [5, 5.41) is 11.4. The highest BCUT2D eigenvalue weighted by Crippen LogP contribution is 2.10. The Morgan fingerprint density at radius 1 is 0.931 bits per heavy atom. The van der Waals surface area contributed by atoms with E-state index in [0.29, 0.717) is 6.54 Å². The van der Waals surface area contributed by atoms with E-state index in [1.165, 1.54) is 6.08 Å². The van der Waals surface area contributed by atoms with Crippen LogP contribution in [-0.2, 0) is 11.2 Å². The van der Waals surface area contributed by atoms with Gasteiger partial charge in [0.15, 0.2) is 0 Å². The molecule has 6 nitrogen and oxygen atoms in total. The Morgan fingerprint density at radius 2 is 1.72 bits per heavy atom. The molecule has 29 heavy (non-hydrogen) atoms. The predicted molar refractivity (Wildman–Crippen MR) is 113 cm³/mol. The van der Waals surface area contributed by atoms with Gasteiger partial charge in [-0.3, -0.25) is 4.79 Å². The number of amides is 1. The summed E-state index contributed by atoms with van der Waals surface area (Å²) >= 11 is 0. The van der Waals surface area contributed by atoms with Gasteiger partial charge in [0.05, 0.1) is 17.6 Å². The summed E-state index contributed by atoms with van der Waals surface area (Å²) in [5.41, 5.74) is 4.03. The van der Waals surface area contributed by atoms with Crippen LogP contribution in [0.4, 0.5) is 0 Å². The highest BCUT2D eigenvalue weighted by Gasteiger charge is 2.01. The third-order valence-electron chi connectivity index (χ3n) is 4.47. The maximum Gasteiger partial charge on any atom is 0.244 e. The number of hydrogen-bond donors (Lipinski definition) is 1. The molecular weight excluding hydrogens is 362 g/mol. The molecule has 6 heteroatoms. The van der Waals surface area contributed by atoms with E-state index in [4.69, 9.17) is 0 Å². The van der Waals surface area contributed by atoms with Gasteiger partial charge in [-0.15, -0.1) is 0 Å². The first-order valence-electron chi connectivity index (χ1n) is 9.43. The lowest BCUT2D eigenvalue weighted by atomic mass is 10.1. The van der Waals surface area contributed by atoms with Crippen LogP contribution in [0, 0.1) is 0 Å². The highest BCUT2D eigenvalue weighted by atomic mass is 16.1. The SMILES string of the molecule is O=C(/C=C/c1cnn(-c2ccccc2)c1)NCCc1ccc(-n2cccn2)cc1. The average Bonchev–Trinajstić information content (AvgIpc) is 3.46. The van der Waals surface area contributed by atoms with Gasteiger partial charge in [0.25, 0.3) is 0 Å². The lowest BCUT2D eigenvalue weighted by Crippen LogP contribution is -2.23. The van der Waals surface area contributed by atoms with Crippen molar-refractivity contribution in [2.75, 3.05) is 6.54 Å². The molecule has 2 heterocycles. The van der Waals surface area contributed by atoms with Gasteiger partial charge in [-0.25, -0.2) is 9.36 Å².